The summed E-state index contributed by atoms with van der Waals surface area (Å²) in [5, 5.41) is 0. The predicted octanol–water partition coefficient (Wildman–Crippen LogP) is 2.63. The van der Waals surface area contributed by atoms with Crippen molar-refractivity contribution in [2.24, 2.45) is 0 Å². The van der Waals surface area contributed by atoms with Gasteiger partial charge in [-0.2, -0.15) is 0 Å². The van der Waals surface area contributed by atoms with Crippen molar-refractivity contribution >= 4 is 26.0 Å². The van der Waals surface area contributed by atoms with Crippen molar-refractivity contribution in [3.63, 3.8) is 0 Å². The number of nitrogens with zero attached hydrogens (tertiary/aromatic N) is 1. The minimum absolute atomic E-state index is 0.169. The number of furan rings is 1. The van der Waals surface area contributed by atoms with Crippen LogP contribution < -0.4 is 9.46 Å². The maximum Gasteiger partial charge on any atom is 0.240 e. The number of rotatable bonds is 7. The highest BCUT2D eigenvalue weighted by atomic mass is 79.9. The van der Waals surface area contributed by atoms with Crippen molar-refractivity contribution in [1.82, 2.24) is 9.62 Å². The Balaban J connectivity index is 2.16. The number of likely N-dealkylation sites (N-methyl/N-ethyl adjacent to an activating group) is 1. The molecule has 1 unspecified atom stereocenters. The van der Waals surface area contributed by atoms with Gasteiger partial charge in [-0.05, 0) is 60.4 Å². The molecule has 6 nitrogen and oxygen atoms in total. The lowest BCUT2D eigenvalue weighted by Crippen LogP contribution is -2.34. The first-order chi connectivity index (χ1) is 10.8. The molecule has 1 atom stereocenters. The van der Waals surface area contributed by atoms with Gasteiger partial charge < -0.3 is 9.15 Å². The summed E-state index contributed by atoms with van der Waals surface area (Å²) >= 11 is 3.29. The summed E-state index contributed by atoms with van der Waals surface area (Å²) in [5.41, 5.74) is 0. The van der Waals surface area contributed by atoms with Crippen LogP contribution in [0.3, 0.4) is 0 Å². The summed E-state index contributed by atoms with van der Waals surface area (Å²) < 4.78 is 38.6. The van der Waals surface area contributed by atoms with Gasteiger partial charge in [-0.3, -0.25) is 4.90 Å². The van der Waals surface area contributed by atoms with Crippen LogP contribution in [0.4, 0.5) is 0 Å². The van der Waals surface area contributed by atoms with Gasteiger partial charge in [0.15, 0.2) is 0 Å². The predicted molar refractivity (Wildman–Crippen MR) is 91.0 cm³/mol. The SMILES string of the molecule is COc1ccc(S(=O)(=O)NCC(c2ccco2)N(C)C)cc1Br. The average molecular weight is 403 g/mol. The first kappa shape index (κ1) is 18.0. The molecule has 0 saturated carbocycles. The van der Waals surface area contributed by atoms with E-state index in [4.69, 9.17) is 9.15 Å². The molecule has 0 aliphatic carbocycles. The Labute approximate surface area is 144 Å². The quantitative estimate of drug-likeness (QED) is 0.770. The lowest BCUT2D eigenvalue weighted by molar-refractivity contribution is 0.259. The molecular weight excluding hydrogens is 384 g/mol. The number of ether oxygens (including phenoxy) is 1. The molecular formula is C15H19BrN2O4S. The molecule has 0 spiro atoms. The molecule has 0 saturated heterocycles. The van der Waals surface area contributed by atoms with Gasteiger partial charge in [0, 0.05) is 6.54 Å². The van der Waals surface area contributed by atoms with E-state index >= 15 is 0 Å². The molecule has 1 aromatic carbocycles. The van der Waals surface area contributed by atoms with Gasteiger partial charge in [0.05, 0.1) is 28.8 Å². The minimum Gasteiger partial charge on any atom is -0.496 e. The molecule has 0 aliphatic rings. The van der Waals surface area contributed by atoms with Gasteiger partial charge >= 0.3 is 0 Å². The zero-order valence-corrected chi connectivity index (χ0v) is 15.5. The molecule has 0 aliphatic heterocycles. The molecule has 0 amide bonds. The Morgan fingerprint density at radius 3 is 2.61 bits per heavy atom. The second-order valence-corrected chi connectivity index (χ2v) is 7.76. The Morgan fingerprint density at radius 2 is 2.09 bits per heavy atom. The third-order valence-corrected chi connectivity index (χ3v) is 5.44. The van der Waals surface area contributed by atoms with E-state index in [2.05, 4.69) is 20.7 Å². The van der Waals surface area contributed by atoms with Crippen LogP contribution in [0.1, 0.15) is 11.8 Å². The highest BCUT2D eigenvalue weighted by molar-refractivity contribution is 9.10. The standard InChI is InChI=1S/C15H19BrN2O4S/c1-18(2)13(15-5-4-8-22-15)10-17-23(19,20)11-6-7-14(21-3)12(16)9-11/h4-9,13,17H,10H2,1-3H3. The van der Waals surface area contributed by atoms with Gasteiger partial charge in [-0.15, -0.1) is 0 Å². The van der Waals surface area contributed by atoms with Crippen LogP contribution in [0.5, 0.6) is 5.75 Å². The second kappa shape index (κ2) is 7.48. The maximum atomic E-state index is 12.5. The van der Waals surface area contributed by atoms with Crippen molar-refractivity contribution in [2.45, 2.75) is 10.9 Å². The number of hydrogen-bond acceptors (Lipinski definition) is 5. The molecule has 1 N–H and O–H groups in total. The number of nitrogens with one attached hydrogen (secondary N) is 1. The summed E-state index contributed by atoms with van der Waals surface area (Å²) in [6, 6.07) is 8.03. The molecule has 0 fully saturated rings. The van der Waals surface area contributed by atoms with Crippen molar-refractivity contribution in [3.05, 3.63) is 46.8 Å². The van der Waals surface area contributed by atoms with Gasteiger partial charge in [-0.25, -0.2) is 13.1 Å². The van der Waals surface area contributed by atoms with Crippen LogP contribution in [-0.2, 0) is 10.0 Å². The number of hydrogen-bond donors (Lipinski definition) is 1. The van der Waals surface area contributed by atoms with Crippen molar-refractivity contribution in [1.29, 1.82) is 0 Å². The number of halogens is 1. The molecule has 0 bridgehead atoms. The summed E-state index contributed by atoms with van der Waals surface area (Å²) in [7, 11) is 1.63. The van der Waals surface area contributed by atoms with E-state index in [1.165, 1.54) is 19.2 Å². The maximum absolute atomic E-state index is 12.5. The van der Waals surface area contributed by atoms with E-state index in [9.17, 15) is 8.42 Å². The molecule has 0 radical (unpaired) electrons. The Kier molecular flexibility index (Phi) is 5.85. The van der Waals surface area contributed by atoms with Crippen molar-refractivity contribution in [3.8, 4) is 5.75 Å². The zero-order valence-electron chi connectivity index (χ0n) is 13.1. The van der Waals surface area contributed by atoms with E-state index < -0.39 is 10.0 Å². The first-order valence-electron chi connectivity index (χ1n) is 6.88. The normalized spacial score (nSPS) is 13.3. The number of benzene rings is 1. The van der Waals surface area contributed by atoms with Crippen LogP contribution in [0.15, 0.2) is 50.4 Å². The van der Waals surface area contributed by atoms with Crippen LogP contribution in [-0.4, -0.2) is 41.1 Å². The summed E-state index contributed by atoms with van der Waals surface area (Å²) in [6.07, 6.45) is 1.57. The average Bonchev–Trinajstić information content (AvgIpc) is 3.01. The zero-order chi connectivity index (χ0) is 17.0. The first-order valence-corrected chi connectivity index (χ1v) is 9.16. The number of methoxy groups -OCH3 is 1. The Morgan fingerprint density at radius 1 is 1.35 bits per heavy atom. The summed E-state index contributed by atoms with van der Waals surface area (Å²) in [4.78, 5) is 2.06. The lowest BCUT2D eigenvalue weighted by Gasteiger charge is -2.22. The van der Waals surface area contributed by atoms with Gasteiger partial charge in [0.1, 0.15) is 11.5 Å². The molecule has 126 valence electrons. The third-order valence-electron chi connectivity index (χ3n) is 3.40. The lowest BCUT2D eigenvalue weighted by atomic mass is 10.2. The third kappa shape index (κ3) is 4.35. The fourth-order valence-electron chi connectivity index (χ4n) is 2.10. The monoisotopic (exact) mass is 402 g/mol. The largest absolute Gasteiger partial charge is 0.496 e. The Bertz CT molecular complexity index is 745. The molecule has 1 aromatic heterocycles. The van der Waals surface area contributed by atoms with E-state index in [0.717, 1.165) is 0 Å². The minimum atomic E-state index is -3.63. The van der Waals surface area contributed by atoms with Gasteiger partial charge in [0.2, 0.25) is 10.0 Å². The molecule has 23 heavy (non-hydrogen) atoms. The highest BCUT2D eigenvalue weighted by Gasteiger charge is 2.22. The fourth-order valence-corrected chi connectivity index (χ4v) is 3.86. The molecule has 2 rings (SSSR count). The fraction of sp³-hybridized carbons (Fsp3) is 0.333. The summed E-state index contributed by atoms with van der Waals surface area (Å²) in [5.74, 6) is 1.28. The molecule has 2 aromatic rings. The van der Waals surface area contributed by atoms with Crippen LogP contribution in [0.2, 0.25) is 0 Å². The molecule has 1 heterocycles. The topological polar surface area (TPSA) is 71.8 Å². The summed E-state index contributed by atoms with van der Waals surface area (Å²) in [6.45, 7) is 0.201. The Hall–Kier alpha value is -1.35. The van der Waals surface area contributed by atoms with Gasteiger partial charge in [-0.1, -0.05) is 0 Å². The highest BCUT2D eigenvalue weighted by Crippen LogP contribution is 2.27. The van der Waals surface area contributed by atoms with Crippen LogP contribution in [0.25, 0.3) is 0 Å². The molecule has 8 heteroatoms. The van der Waals surface area contributed by atoms with Crippen LogP contribution >= 0.6 is 15.9 Å². The van der Waals surface area contributed by atoms with E-state index in [-0.39, 0.29) is 17.5 Å². The van der Waals surface area contributed by atoms with Gasteiger partial charge in [0.25, 0.3) is 0 Å². The van der Waals surface area contributed by atoms with E-state index in [1.807, 2.05) is 25.1 Å². The smallest absolute Gasteiger partial charge is 0.240 e. The van der Waals surface area contributed by atoms with E-state index in [0.29, 0.717) is 16.0 Å². The van der Waals surface area contributed by atoms with Crippen LogP contribution in [0, 0.1) is 0 Å². The van der Waals surface area contributed by atoms with E-state index in [1.54, 1.807) is 18.4 Å². The van der Waals surface area contributed by atoms with Crippen molar-refractivity contribution in [2.75, 3.05) is 27.7 Å². The number of sulfonamides is 1. The second-order valence-electron chi connectivity index (χ2n) is 5.14. The van der Waals surface area contributed by atoms with Crippen molar-refractivity contribution < 1.29 is 17.6 Å².